The molecule has 0 amide bonds. The van der Waals surface area contributed by atoms with E-state index in [1.165, 1.54) is 0 Å². The molecule has 0 aliphatic carbocycles. The van der Waals surface area contributed by atoms with Gasteiger partial charge in [0, 0.05) is 32.6 Å². The smallest absolute Gasteiger partial charge is 0.228 e. The molecule has 0 fully saturated rings. The first-order valence-corrected chi connectivity index (χ1v) is 12.5. The van der Waals surface area contributed by atoms with Gasteiger partial charge in [-0.1, -0.05) is 77.9 Å². The normalized spacial score (nSPS) is 12.6. The van der Waals surface area contributed by atoms with E-state index in [0.717, 1.165) is 50.2 Å². The molecule has 184 valence electrons. The van der Waals surface area contributed by atoms with Crippen LogP contribution in [0.3, 0.4) is 0 Å². The summed E-state index contributed by atoms with van der Waals surface area (Å²) in [5.41, 5.74) is 4.30. The van der Waals surface area contributed by atoms with Crippen LogP contribution in [0.1, 0.15) is 53.2 Å². The molecule has 6 rings (SSSR count). The maximum Gasteiger partial charge on any atom is 0.228 e. The summed E-state index contributed by atoms with van der Waals surface area (Å²) in [5, 5.41) is 3.06. The molecule has 0 radical (unpaired) electrons. The quantitative estimate of drug-likeness (QED) is 0.250. The standard InChI is InChI=1S/C31H29N5O/c1-30(2,3)28-34-26(35-29(36-28)31(4,5)6)24-17-15-20-19-11-9-12-21(25(19)37-27(20)33-24)23-16-14-18-10-7-8-13-22(18)32-23/h7-17H,1-6H3. The van der Waals surface area contributed by atoms with Crippen molar-refractivity contribution >= 4 is 33.0 Å². The molecule has 4 heterocycles. The number of hydrogen-bond donors (Lipinski definition) is 0. The number of para-hydroxylation sites is 2. The zero-order valence-corrected chi connectivity index (χ0v) is 22.0. The Morgan fingerprint density at radius 3 is 2.00 bits per heavy atom. The van der Waals surface area contributed by atoms with Gasteiger partial charge >= 0.3 is 0 Å². The summed E-state index contributed by atoms with van der Waals surface area (Å²) >= 11 is 0. The Hall–Kier alpha value is -4.19. The number of nitrogens with zero attached hydrogens (tertiary/aromatic N) is 5. The van der Waals surface area contributed by atoms with Gasteiger partial charge in [-0.05, 0) is 30.3 Å². The summed E-state index contributed by atoms with van der Waals surface area (Å²) in [7, 11) is 0. The van der Waals surface area contributed by atoms with Crippen LogP contribution in [0.2, 0.25) is 0 Å². The topological polar surface area (TPSA) is 77.6 Å². The highest BCUT2D eigenvalue weighted by Gasteiger charge is 2.26. The fourth-order valence-corrected chi connectivity index (χ4v) is 4.38. The molecule has 0 unspecified atom stereocenters. The number of pyridine rings is 2. The molecule has 0 atom stereocenters. The third-order valence-corrected chi connectivity index (χ3v) is 6.44. The number of furan rings is 1. The van der Waals surface area contributed by atoms with E-state index in [1.807, 2.05) is 48.5 Å². The van der Waals surface area contributed by atoms with Gasteiger partial charge in [0.2, 0.25) is 5.71 Å². The number of aromatic nitrogens is 5. The average Bonchev–Trinajstić information content (AvgIpc) is 3.25. The fraction of sp³-hybridized carbons (Fsp3) is 0.258. The van der Waals surface area contributed by atoms with Gasteiger partial charge < -0.3 is 4.42 Å². The molecule has 4 aromatic heterocycles. The predicted octanol–water partition coefficient (Wildman–Crippen LogP) is 7.64. The third-order valence-electron chi connectivity index (χ3n) is 6.44. The lowest BCUT2D eigenvalue weighted by Crippen LogP contribution is -2.24. The summed E-state index contributed by atoms with van der Waals surface area (Å²) in [6, 6.07) is 22.4. The second-order valence-electron chi connectivity index (χ2n) is 11.5. The number of rotatable bonds is 2. The van der Waals surface area contributed by atoms with Gasteiger partial charge in [-0.3, -0.25) is 0 Å². The van der Waals surface area contributed by atoms with E-state index < -0.39 is 0 Å². The van der Waals surface area contributed by atoms with Crippen molar-refractivity contribution in [2.75, 3.05) is 0 Å². The van der Waals surface area contributed by atoms with Crippen LogP contribution < -0.4 is 0 Å². The van der Waals surface area contributed by atoms with Crippen LogP contribution in [-0.4, -0.2) is 24.9 Å². The highest BCUT2D eigenvalue weighted by atomic mass is 16.3. The molecule has 0 saturated heterocycles. The molecule has 0 spiro atoms. The Labute approximate surface area is 215 Å². The molecule has 6 heteroatoms. The van der Waals surface area contributed by atoms with Crippen LogP contribution in [0.25, 0.3) is 55.7 Å². The van der Waals surface area contributed by atoms with Crippen molar-refractivity contribution in [3.8, 4) is 22.8 Å². The van der Waals surface area contributed by atoms with Gasteiger partial charge in [0.1, 0.15) is 22.9 Å². The molecular formula is C31H29N5O. The molecule has 2 aromatic carbocycles. The first-order valence-electron chi connectivity index (χ1n) is 12.5. The van der Waals surface area contributed by atoms with Crippen LogP contribution in [0.15, 0.2) is 71.1 Å². The largest absolute Gasteiger partial charge is 0.437 e. The first kappa shape index (κ1) is 23.2. The molecule has 0 saturated carbocycles. The van der Waals surface area contributed by atoms with E-state index >= 15 is 0 Å². The van der Waals surface area contributed by atoms with Crippen molar-refractivity contribution in [1.82, 2.24) is 24.9 Å². The van der Waals surface area contributed by atoms with Gasteiger partial charge in [0.25, 0.3) is 0 Å². The van der Waals surface area contributed by atoms with E-state index in [0.29, 0.717) is 17.2 Å². The number of fused-ring (bicyclic) bond motifs is 4. The van der Waals surface area contributed by atoms with Gasteiger partial charge in [0.15, 0.2) is 5.82 Å². The van der Waals surface area contributed by atoms with E-state index in [1.54, 1.807) is 0 Å². The summed E-state index contributed by atoms with van der Waals surface area (Å²) < 4.78 is 6.38. The molecule has 0 bridgehead atoms. The van der Waals surface area contributed by atoms with Crippen molar-refractivity contribution in [2.45, 2.75) is 52.4 Å². The minimum Gasteiger partial charge on any atom is -0.437 e. The summed E-state index contributed by atoms with van der Waals surface area (Å²) in [6.07, 6.45) is 0. The Balaban J connectivity index is 1.52. The summed E-state index contributed by atoms with van der Waals surface area (Å²) in [5.74, 6) is 2.06. The maximum atomic E-state index is 6.38. The number of hydrogen-bond acceptors (Lipinski definition) is 6. The van der Waals surface area contributed by atoms with E-state index in [4.69, 9.17) is 29.3 Å². The highest BCUT2D eigenvalue weighted by molar-refractivity contribution is 6.08. The number of benzene rings is 2. The minimum absolute atomic E-state index is 0.219. The molecule has 0 N–H and O–H groups in total. The van der Waals surface area contributed by atoms with Crippen molar-refractivity contribution in [3.05, 3.63) is 78.4 Å². The lowest BCUT2D eigenvalue weighted by Gasteiger charge is -2.22. The Bertz CT molecular complexity index is 1770. The monoisotopic (exact) mass is 487 g/mol. The molecular weight excluding hydrogens is 458 g/mol. The first-order chi connectivity index (χ1) is 17.6. The Morgan fingerprint density at radius 1 is 0.568 bits per heavy atom. The molecule has 37 heavy (non-hydrogen) atoms. The van der Waals surface area contributed by atoms with Crippen molar-refractivity contribution in [1.29, 1.82) is 0 Å². The van der Waals surface area contributed by atoms with Crippen LogP contribution in [0.5, 0.6) is 0 Å². The predicted molar refractivity (Wildman–Crippen MR) is 148 cm³/mol. The van der Waals surface area contributed by atoms with Crippen molar-refractivity contribution in [2.24, 2.45) is 0 Å². The lowest BCUT2D eigenvalue weighted by molar-refractivity contribution is 0.497. The van der Waals surface area contributed by atoms with E-state index in [2.05, 4.69) is 59.7 Å². The van der Waals surface area contributed by atoms with Gasteiger partial charge in [-0.25, -0.2) is 24.9 Å². The van der Waals surface area contributed by atoms with Crippen molar-refractivity contribution in [3.63, 3.8) is 0 Å². The Morgan fingerprint density at radius 2 is 1.27 bits per heavy atom. The summed E-state index contributed by atoms with van der Waals surface area (Å²) in [4.78, 5) is 24.2. The second-order valence-corrected chi connectivity index (χ2v) is 11.5. The van der Waals surface area contributed by atoms with Crippen molar-refractivity contribution < 1.29 is 4.42 Å². The molecule has 0 aliphatic rings. The van der Waals surface area contributed by atoms with Gasteiger partial charge in [-0.2, -0.15) is 0 Å². The zero-order valence-electron chi connectivity index (χ0n) is 22.0. The Kier molecular flexibility index (Phi) is 5.13. The lowest BCUT2D eigenvalue weighted by atomic mass is 9.93. The van der Waals surface area contributed by atoms with Crippen LogP contribution in [0, 0.1) is 0 Å². The average molecular weight is 488 g/mol. The summed E-state index contributed by atoms with van der Waals surface area (Å²) in [6.45, 7) is 12.6. The second kappa shape index (κ2) is 8.17. The zero-order chi connectivity index (χ0) is 25.9. The molecule has 0 aliphatic heterocycles. The van der Waals surface area contributed by atoms with Gasteiger partial charge in [0.05, 0.1) is 11.2 Å². The highest BCUT2D eigenvalue weighted by Crippen LogP contribution is 2.36. The van der Waals surface area contributed by atoms with Crippen LogP contribution in [-0.2, 0) is 10.8 Å². The minimum atomic E-state index is -0.219. The fourth-order valence-electron chi connectivity index (χ4n) is 4.38. The van der Waals surface area contributed by atoms with Crippen LogP contribution in [0.4, 0.5) is 0 Å². The third kappa shape index (κ3) is 4.12. The molecule has 6 nitrogen and oxygen atoms in total. The maximum absolute atomic E-state index is 6.38. The van der Waals surface area contributed by atoms with Crippen LogP contribution >= 0.6 is 0 Å². The van der Waals surface area contributed by atoms with E-state index in [9.17, 15) is 0 Å². The molecule has 6 aromatic rings. The SMILES string of the molecule is CC(C)(C)c1nc(-c2ccc3c(n2)oc2c(-c4ccc5ccccc5n4)cccc23)nc(C(C)(C)C)n1. The van der Waals surface area contributed by atoms with Gasteiger partial charge in [-0.15, -0.1) is 0 Å². The van der Waals surface area contributed by atoms with E-state index in [-0.39, 0.29) is 10.8 Å².